The maximum Gasteiger partial charge on any atom is 0.141 e. The second-order valence-corrected chi connectivity index (χ2v) is 1.99. The van der Waals surface area contributed by atoms with Crippen molar-refractivity contribution >= 4 is 0 Å². The quantitative estimate of drug-likeness (QED) is 0.515. The van der Waals surface area contributed by atoms with Gasteiger partial charge in [-0.3, -0.25) is 5.10 Å². The molecule has 0 fully saturated rings. The number of nitrogens with two attached hydrogens (primary N) is 1. The normalized spacial score (nSPS) is 13.4. The molecule has 5 heteroatoms. The van der Waals surface area contributed by atoms with Crippen LogP contribution in [0.25, 0.3) is 0 Å². The predicted molar refractivity (Wildman–Crippen MR) is 35.0 cm³/mol. The van der Waals surface area contributed by atoms with Crippen LogP contribution in [-0.2, 0) is 0 Å². The van der Waals surface area contributed by atoms with E-state index < -0.39 is 0 Å². The number of hydrogen-bond donors (Lipinski definition) is 3. The molecule has 0 aliphatic rings. The Hall–Kier alpha value is -0.940. The van der Waals surface area contributed by atoms with E-state index in [9.17, 15) is 0 Å². The van der Waals surface area contributed by atoms with E-state index in [0.29, 0.717) is 12.2 Å². The van der Waals surface area contributed by atoms with Crippen LogP contribution in [0.1, 0.15) is 18.3 Å². The highest BCUT2D eigenvalue weighted by Gasteiger charge is 2.06. The van der Waals surface area contributed by atoms with E-state index in [1.165, 1.54) is 6.33 Å². The smallest absolute Gasteiger partial charge is 0.141 e. The Morgan fingerprint density at radius 2 is 2.60 bits per heavy atom. The molecule has 0 aliphatic heterocycles. The molecule has 0 saturated heterocycles. The standard InChI is InChI=1S/C5H10N4O/c6-4(1-2-10)5-7-3-8-9-5/h3-4,10H,1-2,6H2,(H,7,8,9). The van der Waals surface area contributed by atoms with Gasteiger partial charge in [0.15, 0.2) is 0 Å². The molecule has 1 rings (SSSR count). The van der Waals surface area contributed by atoms with E-state index in [1.54, 1.807) is 0 Å². The second-order valence-electron chi connectivity index (χ2n) is 1.99. The molecule has 0 bridgehead atoms. The minimum Gasteiger partial charge on any atom is -0.396 e. The summed E-state index contributed by atoms with van der Waals surface area (Å²) in [4.78, 5) is 3.83. The number of nitrogens with one attached hydrogen (secondary N) is 1. The lowest BCUT2D eigenvalue weighted by atomic mass is 10.2. The van der Waals surface area contributed by atoms with Gasteiger partial charge in [0, 0.05) is 6.61 Å². The number of aromatic nitrogens is 3. The summed E-state index contributed by atoms with van der Waals surface area (Å²) in [5.74, 6) is 0.619. The summed E-state index contributed by atoms with van der Waals surface area (Å²) in [6, 6.07) is -0.229. The minimum atomic E-state index is -0.229. The zero-order chi connectivity index (χ0) is 7.40. The lowest BCUT2D eigenvalue weighted by Gasteiger charge is -2.03. The predicted octanol–water partition coefficient (Wildman–Crippen LogP) is -0.813. The Bertz CT molecular complexity index is 174. The number of aromatic amines is 1. The van der Waals surface area contributed by atoms with Gasteiger partial charge in [0.05, 0.1) is 6.04 Å². The summed E-state index contributed by atoms with van der Waals surface area (Å²) in [5, 5.41) is 14.7. The van der Waals surface area contributed by atoms with Crippen LogP contribution in [-0.4, -0.2) is 26.9 Å². The summed E-state index contributed by atoms with van der Waals surface area (Å²) < 4.78 is 0. The van der Waals surface area contributed by atoms with Crippen LogP contribution in [0.4, 0.5) is 0 Å². The molecule has 0 saturated carbocycles. The number of nitrogens with zero attached hydrogens (tertiary/aromatic N) is 2. The van der Waals surface area contributed by atoms with E-state index in [-0.39, 0.29) is 12.6 Å². The van der Waals surface area contributed by atoms with Crippen LogP contribution in [0.5, 0.6) is 0 Å². The van der Waals surface area contributed by atoms with Crippen molar-refractivity contribution in [2.45, 2.75) is 12.5 Å². The maximum atomic E-state index is 8.49. The minimum absolute atomic E-state index is 0.0713. The number of aliphatic hydroxyl groups excluding tert-OH is 1. The van der Waals surface area contributed by atoms with Crippen molar-refractivity contribution in [3.05, 3.63) is 12.2 Å². The molecule has 1 atom stereocenters. The molecule has 5 nitrogen and oxygen atoms in total. The van der Waals surface area contributed by atoms with Gasteiger partial charge in [0.2, 0.25) is 0 Å². The Labute approximate surface area is 58.3 Å². The molecular weight excluding hydrogens is 132 g/mol. The fourth-order valence-corrected chi connectivity index (χ4v) is 0.669. The van der Waals surface area contributed by atoms with Crippen LogP contribution in [0.15, 0.2) is 6.33 Å². The summed E-state index contributed by atoms with van der Waals surface area (Å²) in [6.45, 7) is 0.0713. The van der Waals surface area contributed by atoms with Gasteiger partial charge < -0.3 is 10.8 Å². The number of rotatable bonds is 3. The molecule has 0 radical (unpaired) electrons. The molecule has 0 aliphatic carbocycles. The fourth-order valence-electron chi connectivity index (χ4n) is 0.669. The van der Waals surface area contributed by atoms with Gasteiger partial charge in [-0.15, -0.1) is 0 Å². The molecule has 0 aromatic carbocycles. The monoisotopic (exact) mass is 142 g/mol. The second kappa shape index (κ2) is 3.28. The van der Waals surface area contributed by atoms with Crippen LogP contribution in [0.3, 0.4) is 0 Å². The van der Waals surface area contributed by atoms with Gasteiger partial charge >= 0.3 is 0 Å². The van der Waals surface area contributed by atoms with Gasteiger partial charge in [-0.05, 0) is 6.42 Å². The first-order chi connectivity index (χ1) is 4.84. The highest BCUT2D eigenvalue weighted by Crippen LogP contribution is 2.04. The van der Waals surface area contributed by atoms with Crippen LogP contribution in [0, 0.1) is 0 Å². The first kappa shape index (κ1) is 7.17. The third-order valence-electron chi connectivity index (χ3n) is 1.22. The molecular formula is C5H10N4O. The molecule has 1 heterocycles. The summed E-state index contributed by atoms with van der Waals surface area (Å²) >= 11 is 0. The Balaban J connectivity index is 2.50. The number of H-pyrrole nitrogens is 1. The van der Waals surface area contributed by atoms with Crippen molar-refractivity contribution in [2.75, 3.05) is 6.61 Å². The Morgan fingerprint density at radius 3 is 3.10 bits per heavy atom. The van der Waals surface area contributed by atoms with Gasteiger partial charge in [-0.25, -0.2) is 4.98 Å². The van der Waals surface area contributed by atoms with Crippen molar-refractivity contribution < 1.29 is 5.11 Å². The largest absolute Gasteiger partial charge is 0.396 e. The van der Waals surface area contributed by atoms with Crippen molar-refractivity contribution in [3.8, 4) is 0 Å². The number of aliphatic hydroxyl groups is 1. The van der Waals surface area contributed by atoms with Crippen molar-refractivity contribution in [3.63, 3.8) is 0 Å². The Kier molecular flexibility index (Phi) is 2.35. The Morgan fingerprint density at radius 1 is 1.80 bits per heavy atom. The first-order valence-corrected chi connectivity index (χ1v) is 3.06. The lowest BCUT2D eigenvalue weighted by Crippen LogP contribution is -2.13. The molecule has 56 valence electrons. The summed E-state index contributed by atoms with van der Waals surface area (Å²) in [7, 11) is 0. The van der Waals surface area contributed by atoms with Crippen LogP contribution >= 0.6 is 0 Å². The zero-order valence-corrected chi connectivity index (χ0v) is 5.49. The molecule has 0 amide bonds. The van der Waals surface area contributed by atoms with Crippen molar-refractivity contribution in [1.82, 2.24) is 15.2 Å². The highest BCUT2D eigenvalue weighted by atomic mass is 16.3. The summed E-state index contributed by atoms with van der Waals surface area (Å²) in [5.41, 5.74) is 5.56. The molecule has 10 heavy (non-hydrogen) atoms. The van der Waals surface area contributed by atoms with E-state index >= 15 is 0 Å². The van der Waals surface area contributed by atoms with Gasteiger partial charge in [-0.1, -0.05) is 0 Å². The van der Waals surface area contributed by atoms with Crippen LogP contribution in [0.2, 0.25) is 0 Å². The average Bonchev–Trinajstić information content (AvgIpc) is 2.38. The SMILES string of the molecule is NC(CCO)c1ncn[nH]1. The van der Waals surface area contributed by atoms with Gasteiger partial charge in [0.1, 0.15) is 12.2 Å². The van der Waals surface area contributed by atoms with Crippen LogP contribution < -0.4 is 5.73 Å². The molecule has 0 spiro atoms. The molecule has 1 unspecified atom stereocenters. The highest BCUT2D eigenvalue weighted by molar-refractivity contribution is 4.88. The van der Waals surface area contributed by atoms with E-state index in [2.05, 4.69) is 15.2 Å². The molecule has 1 aromatic rings. The van der Waals surface area contributed by atoms with Gasteiger partial charge in [-0.2, -0.15) is 5.10 Å². The summed E-state index contributed by atoms with van der Waals surface area (Å²) in [6.07, 6.45) is 1.90. The van der Waals surface area contributed by atoms with Crippen molar-refractivity contribution in [1.29, 1.82) is 0 Å². The first-order valence-electron chi connectivity index (χ1n) is 3.06. The average molecular weight is 142 g/mol. The number of hydrogen-bond acceptors (Lipinski definition) is 4. The third kappa shape index (κ3) is 1.52. The van der Waals surface area contributed by atoms with E-state index in [4.69, 9.17) is 10.8 Å². The lowest BCUT2D eigenvalue weighted by molar-refractivity contribution is 0.274. The third-order valence-corrected chi connectivity index (χ3v) is 1.22. The van der Waals surface area contributed by atoms with E-state index in [0.717, 1.165) is 0 Å². The maximum absolute atomic E-state index is 8.49. The molecule has 1 aromatic heterocycles. The topological polar surface area (TPSA) is 87.8 Å². The van der Waals surface area contributed by atoms with Crippen molar-refractivity contribution in [2.24, 2.45) is 5.73 Å². The fraction of sp³-hybridized carbons (Fsp3) is 0.600. The van der Waals surface area contributed by atoms with E-state index in [1.807, 2.05) is 0 Å². The van der Waals surface area contributed by atoms with Gasteiger partial charge in [0.25, 0.3) is 0 Å². The molecule has 4 N–H and O–H groups in total. The zero-order valence-electron chi connectivity index (χ0n) is 5.49.